The van der Waals surface area contributed by atoms with E-state index in [2.05, 4.69) is 20.9 Å². The molecular weight excluding hydrogens is 316 g/mol. The number of H-pyrrole nitrogens is 1. The molecule has 0 radical (unpaired) electrons. The highest BCUT2D eigenvalue weighted by Gasteiger charge is 2.19. The summed E-state index contributed by atoms with van der Waals surface area (Å²) in [5.41, 5.74) is 9.50. The van der Waals surface area contributed by atoms with Crippen molar-refractivity contribution in [2.75, 3.05) is 5.73 Å². The van der Waals surface area contributed by atoms with Crippen LogP contribution in [0.25, 0.3) is 10.9 Å². The Kier molecular flexibility index (Phi) is 3.10. The molecular formula is C16H13BrN2O. The second-order valence-corrected chi connectivity index (χ2v) is 5.59. The molecule has 4 heteroatoms. The molecule has 0 unspecified atom stereocenters. The molecule has 100 valence electrons. The van der Waals surface area contributed by atoms with Gasteiger partial charge in [0.05, 0.1) is 0 Å². The molecule has 0 aliphatic heterocycles. The first-order chi connectivity index (χ1) is 9.59. The van der Waals surface area contributed by atoms with Crippen LogP contribution in [0.5, 0.6) is 0 Å². The number of nitrogens with two attached hydrogens (primary N) is 1. The third-order valence-corrected chi connectivity index (χ3v) is 4.09. The summed E-state index contributed by atoms with van der Waals surface area (Å²) in [6.07, 6.45) is 1.74. The summed E-state index contributed by atoms with van der Waals surface area (Å²) in [6, 6.07) is 11.3. The topological polar surface area (TPSA) is 58.9 Å². The first-order valence-corrected chi connectivity index (χ1v) is 7.04. The van der Waals surface area contributed by atoms with E-state index in [1.165, 1.54) is 0 Å². The SMILES string of the molecule is Cc1cccc(N)c1C(=O)c1c[nH]c2cccc(Br)c12. The van der Waals surface area contributed by atoms with Gasteiger partial charge in [-0.25, -0.2) is 0 Å². The van der Waals surface area contributed by atoms with Crippen molar-refractivity contribution in [1.29, 1.82) is 0 Å². The van der Waals surface area contributed by atoms with Crippen LogP contribution in [0.2, 0.25) is 0 Å². The molecule has 2 aromatic carbocycles. The number of fused-ring (bicyclic) bond motifs is 1. The summed E-state index contributed by atoms with van der Waals surface area (Å²) in [4.78, 5) is 15.9. The van der Waals surface area contributed by atoms with Gasteiger partial charge in [-0.3, -0.25) is 4.79 Å². The molecule has 3 aromatic rings. The molecule has 0 spiro atoms. The highest BCUT2D eigenvalue weighted by molar-refractivity contribution is 9.10. The first-order valence-electron chi connectivity index (χ1n) is 6.25. The van der Waals surface area contributed by atoms with Gasteiger partial charge in [-0.2, -0.15) is 0 Å². The molecule has 0 aliphatic carbocycles. The molecule has 0 fully saturated rings. The zero-order valence-electron chi connectivity index (χ0n) is 10.9. The van der Waals surface area contributed by atoms with Crippen LogP contribution >= 0.6 is 15.9 Å². The number of carbonyl (C=O) groups excluding carboxylic acids is 1. The van der Waals surface area contributed by atoms with Crippen molar-refractivity contribution in [3.8, 4) is 0 Å². The number of hydrogen-bond donors (Lipinski definition) is 2. The largest absolute Gasteiger partial charge is 0.398 e. The molecule has 20 heavy (non-hydrogen) atoms. The number of rotatable bonds is 2. The Balaban J connectivity index is 2.24. The van der Waals surface area contributed by atoms with Gasteiger partial charge in [0, 0.05) is 38.4 Å². The van der Waals surface area contributed by atoms with Crippen molar-refractivity contribution in [2.45, 2.75) is 6.92 Å². The van der Waals surface area contributed by atoms with Gasteiger partial charge in [-0.15, -0.1) is 0 Å². The van der Waals surface area contributed by atoms with Crippen LogP contribution in [-0.2, 0) is 0 Å². The van der Waals surface area contributed by atoms with E-state index >= 15 is 0 Å². The Morgan fingerprint density at radius 1 is 1.20 bits per heavy atom. The standard InChI is InChI=1S/C16H13BrN2O/c1-9-4-2-6-12(18)14(9)16(20)10-8-19-13-7-3-5-11(17)15(10)13/h2-8,19H,18H2,1H3. The lowest BCUT2D eigenvalue weighted by Gasteiger charge is -2.08. The van der Waals surface area contributed by atoms with E-state index in [1.54, 1.807) is 12.3 Å². The molecule has 0 atom stereocenters. The molecule has 1 heterocycles. The lowest BCUT2D eigenvalue weighted by molar-refractivity contribution is 0.104. The average molecular weight is 329 g/mol. The van der Waals surface area contributed by atoms with Crippen molar-refractivity contribution < 1.29 is 4.79 Å². The zero-order valence-corrected chi connectivity index (χ0v) is 12.5. The summed E-state index contributed by atoms with van der Waals surface area (Å²) in [5.74, 6) is -0.0567. The molecule has 0 amide bonds. The summed E-state index contributed by atoms with van der Waals surface area (Å²) in [7, 11) is 0. The summed E-state index contributed by atoms with van der Waals surface area (Å²) in [6.45, 7) is 1.90. The van der Waals surface area contributed by atoms with Crippen LogP contribution in [0, 0.1) is 6.92 Å². The first kappa shape index (κ1) is 12.9. The van der Waals surface area contributed by atoms with E-state index in [1.807, 2.05) is 37.3 Å². The smallest absolute Gasteiger partial charge is 0.197 e. The van der Waals surface area contributed by atoms with Gasteiger partial charge in [0.15, 0.2) is 5.78 Å². The minimum Gasteiger partial charge on any atom is -0.398 e. The fraction of sp³-hybridized carbons (Fsp3) is 0.0625. The number of anilines is 1. The molecule has 3 rings (SSSR count). The second kappa shape index (κ2) is 4.80. The number of halogens is 1. The Bertz CT molecular complexity index is 800. The van der Waals surface area contributed by atoms with E-state index < -0.39 is 0 Å². The molecule has 0 saturated heterocycles. The van der Waals surface area contributed by atoms with Crippen molar-refractivity contribution in [1.82, 2.24) is 4.98 Å². The number of aromatic amines is 1. The summed E-state index contributed by atoms with van der Waals surface area (Å²) in [5, 5.41) is 0.889. The number of carbonyl (C=O) groups is 1. The number of benzene rings is 2. The molecule has 1 aromatic heterocycles. The molecule has 3 N–H and O–H groups in total. The van der Waals surface area contributed by atoms with Crippen LogP contribution in [-0.4, -0.2) is 10.8 Å². The number of hydrogen-bond acceptors (Lipinski definition) is 2. The second-order valence-electron chi connectivity index (χ2n) is 4.73. The number of nitrogens with one attached hydrogen (secondary N) is 1. The van der Waals surface area contributed by atoms with E-state index in [0.717, 1.165) is 20.9 Å². The van der Waals surface area contributed by atoms with Gasteiger partial charge in [-0.1, -0.05) is 34.1 Å². The third-order valence-electron chi connectivity index (χ3n) is 3.43. The molecule has 0 bridgehead atoms. The van der Waals surface area contributed by atoms with Crippen molar-refractivity contribution >= 4 is 38.3 Å². The summed E-state index contributed by atoms with van der Waals surface area (Å²) < 4.78 is 0.895. The fourth-order valence-electron chi connectivity index (χ4n) is 2.45. The number of aryl methyl sites for hydroxylation is 1. The highest BCUT2D eigenvalue weighted by Crippen LogP contribution is 2.30. The average Bonchev–Trinajstić information content (AvgIpc) is 2.83. The quantitative estimate of drug-likeness (QED) is 0.550. The lowest BCUT2D eigenvalue weighted by Crippen LogP contribution is -2.07. The monoisotopic (exact) mass is 328 g/mol. The number of aromatic nitrogens is 1. The van der Waals surface area contributed by atoms with Gasteiger partial charge in [0.25, 0.3) is 0 Å². The maximum atomic E-state index is 12.8. The van der Waals surface area contributed by atoms with Crippen molar-refractivity contribution in [3.05, 3.63) is 63.8 Å². The molecule has 3 nitrogen and oxygen atoms in total. The van der Waals surface area contributed by atoms with Crippen molar-refractivity contribution in [3.63, 3.8) is 0 Å². The third kappa shape index (κ3) is 1.93. The lowest BCUT2D eigenvalue weighted by atomic mass is 9.97. The number of ketones is 1. The van der Waals surface area contributed by atoms with E-state index in [-0.39, 0.29) is 5.78 Å². The van der Waals surface area contributed by atoms with Gasteiger partial charge >= 0.3 is 0 Å². The van der Waals surface area contributed by atoms with E-state index in [9.17, 15) is 4.79 Å². The van der Waals surface area contributed by atoms with Gasteiger partial charge in [0.1, 0.15) is 0 Å². The van der Waals surface area contributed by atoms with Crippen LogP contribution in [0.4, 0.5) is 5.69 Å². The maximum absolute atomic E-state index is 12.8. The maximum Gasteiger partial charge on any atom is 0.197 e. The normalized spacial score (nSPS) is 10.9. The van der Waals surface area contributed by atoms with Crippen LogP contribution < -0.4 is 5.73 Å². The van der Waals surface area contributed by atoms with Gasteiger partial charge < -0.3 is 10.7 Å². The Hall–Kier alpha value is -2.07. The van der Waals surface area contributed by atoms with Gasteiger partial charge in [0.2, 0.25) is 0 Å². The van der Waals surface area contributed by atoms with E-state index in [4.69, 9.17) is 5.73 Å². The Labute approximate surface area is 124 Å². The Morgan fingerprint density at radius 3 is 2.70 bits per heavy atom. The summed E-state index contributed by atoms with van der Waals surface area (Å²) >= 11 is 3.50. The van der Waals surface area contributed by atoms with Crippen LogP contribution in [0.15, 0.2) is 47.1 Å². The molecule has 0 aliphatic rings. The van der Waals surface area contributed by atoms with E-state index in [0.29, 0.717) is 16.8 Å². The minimum atomic E-state index is -0.0567. The predicted octanol–water partition coefficient (Wildman–Crippen LogP) is 4.05. The predicted molar refractivity (Wildman–Crippen MR) is 85.0 cm³/mol. The van der Waals surface area contributed by atoms with Crippen LogP contribution in [0.3, 0.4) is 0 Å². The minimum absolute atomic E-state index is 0.0567. The molecule has 0 saturated carbocycles. The van der Waals surface area contributed by atoms with Crippen molar-refractivity contribution in [2.24, 2.45) is 0 Å². The zero-order chi connectivity index (χ0) is 14.3. The number of nitrogen functional groups attached to an aromatic ring is 1. The Morgan fingerprint density at radius 2 is 1.95 bits per heavy atom. The van der Waals surface area contributed by atoms with Crippen LogP contribution in [0.1, 0.15) is 21.5 Å². The highest BCUT2D eigenvalue weighted by atomic mass is 79.9. The fourth-order valence-corrected chi connectivity index (χ4v) is 3.03. The van der Waals surface area contributed by atoms with Gasteiger partial charge in [-0.05, 0) is 30.7 Å².